The van der Waals surface area contributed by atoms with Gasteiger partial charge in [-0.05, 0) is 51.4 Å². The molecule has 0 radical (unpaired) electrons. The predicted molar refractivity (Wildman–Crippen MR) is 230 cm³/mol. The Labute approximate surface area is 314 Å². The van der Waals surface area contributed by atoms with Gasteiger partial charge in [0.25, 0.3) is 0 Å². The van der Waals surface area contributed by atoms with Gasteiger partial charge in [0.05, 0.1) is 22.2 Å². The molecule has 3 nitrogen and oxygen atoms in total. The number of hydrogen-bond donors (Lipinski definition) is 0. The van der Waals surface area contributed by atoms with Crippen LogP contribution < -0.4 is 0 Å². The lowest BCUT2D eigenvalue weighted by Crippen LogP contribution is -2.05. The Bertz CT molecular complexity index is 3500. The van der Waals surface area contributed by atoms with Crippen LogP contribution in [0.3, 0.4) is 0 Å². The normalized spacial score (nSPS) is 12.1. The molecule has 0 amide bonds. The van der Waals surface area contributed by atoms with E-state index in [2.05, 4.69) is 180 Å². The third kappa shape index (κ3) is 4.17. The van der Waals surface area contributed by atoms with E-state index in [0.717, 1.165) is 49.5 Å². The summed E-state index contributed by atoms with van der Waals surface area (Å²) < 4.78 is 4.97. The van der Waals surface area contributed by atoms with Crippen molar-refractivity contribution < 1.29 is 0 Å². The summed E-state index contributed by atoms with van der Waals surface area (Å²) in [6, 6.07) is 63.6. The SMILES string of the molecule is c1ccc(-c2nc(-n3c4c(-c5ccc6sc7ccccc7c6c5)cccc4c4c5ccccc5c5ccccc5c43)nc3c2ccc2ccccc23)cc1. The van der Waals surface area contributed by atoms with Crippen molar-refractivity contribution in [3.8, 4) is 28.3 Å². The van der Waals surface area contributed by atoms with Gasteiger partial charge in [-0.3, -0.25) is 4.57 Å². The Hall–Kier alpha value is -6.88. The van der Waals surface area contributed by atoms with Crippen molar-refractivity contribution in [1.29, 1.82) is 0 Å². The number of para-hydroxylation sites is 1. The number of nitrogens with zero attached hydrogens (tertiary/aromatic N) is 3. The van der Waals surface area contributed by atoms with E-state index in [4.69, 9.17) is 9.97 Å². The first-order chi connectivity index (χ1) is 26.8. The summed E-state index contributed by atoms with van der Waals surface area (Å²) in [7, 11) is 0. The first-order valence-electron chi connectivity index (χ1n) is 18.3. The van der Waals surface area contributed by atoms with Gasteiger partial charge >= 0.3 is 0 Å². The first-order valence-corrected chi connectivity index (χ1v) is 19.2. The Balaban J connectivity index is 1.30. The van der Waals surface area contributed by atoms with Crippen LogP contribution in [0.1, 0.15) is 0 Å². The van der Waals surface area contributed by atoms with Gasteiger partial charge in [-0.2, -0.15) is 0 Å². The maximum Gasteiger partial charge on any atom is 0.235 e. The molecule has 0 atom stereocenters. The van der Waals surface area contributed by atoms with Crippen LogP contribution in [-0.4, -0.2) is 14.5 Å². The average molecular weight is 704 g/mol. The van der Waals surface area contributed by atoms with Crippen LogP contribution in [0.4, 0.5) is 0 Å². The van der Waals surface area contributed by atoms with Crippen molar-refractivity contribution in [3.05, 3.63) is 176 Å². The largest absolute Gasteiger partial charge is 0.277 e. The van der Waals surface area contributed by atoms with E-state index >= 15 is 0 Å². The lowest BCUT2D eigenvalue weighted by Gasteiger charge is -2.15. The Morgan fingerprint density at radius 1 is 0.389 bits per heavy atom. The van der Waals surface area contributed by atoms with Gasteiger partial charge in [0.2, 0.25) is 5.95 Å². The maximum atomic E-state index is 5.59. The van der Waals surface area contributed by atoms with Crippen LogP contribution in [0.25, 0.3) is 114 Å². The third-order valence-corrected chi connectivity index (χ3v) is 12.3. The molecule has 12 rings (SSSR count). The average Bonchev–Trinajstić information content (AvgIpc) is 3.80. The molecule has 0 aliphatic rings. The van der Waals surface area contributed by atoms with Crippen molar-refractivity contribution >= 4 is 96.5 Å². The predicted octanol–water partition coefficient (Wildman–Crippen LogP) is 13.9. The standard InChI is InChI=1S/C50H29N3S/c1-2-14-31(15-3-1)46-41-27-25-30-13-4-5-16-33(30)47(41)52-50(51-46)53-48-34(32-26-28-44-42(29-32)37-19-10-11-24-43(37)54-44)22-12-23-40(48)45-38-20-8-6-17-35(38)36-18-7-9-21-39(36)49(45)53/h1-29H. The van der Waals surface area contributed by atoms with Crippen LogP contribution in [-0.2, 0) is 0 Å². The molecule has 0 bridgehead atoms. The van der Waals surface area contributed by atoms with Crippen molar-refractivity contribution in [2.75, 3.05) is 0 Å². The second-order valence-electron chi connectivity index (χ2n) is 14.1. The van der Waals surface area contributed by atoms with E-state index in [0.29, 0.717) is 5.95 Å². The molecule has 0 unspecified atom stereocenters. The number of fused-ring (bicyclic) bond motifs is 14. The van der Waals surface area contributed by atoms with E-state index in [1.807, 2.05) is 11.3 Å². The van der Waals surface area contributed by atoms with E-state index in [1.54, 1.807) is 0 Å². The van der Waals surface area contributed by atoms with Crippen LogP contribution in [0, 0.1) is 0 Å². The fourth-order valence-corrected chi connectivity index (χ4v) is 9.91. The smallest absolute Gasteiger partial charge is 0.235 e. The molecule has 0 N–H and O–H groups in total. The van der Waals surface area contributed by atoms with E-state index in [9.17, 15) is 0 Å². The van der Waals surface area contributed by atoms with Gasteiger partial charge in [-0.15, -0.1) is 11.3 Å². The minimum atomic E-state index is 0.660. The number of aromatic nitrogens is 3. The summed E-state index contributed by atoms with van der Waals surface area (Å²) >= 11 is 1.85. The summed E-state index contributed by atoms with van der Waals surface area (Å²) in [5, 5.41) is 13.1. The molecule has 0 fully saturated rings. The van der Waals surface area contributed by atoms with Crippen molar-refractivity contribution in [3.63, 3.8) is 0 Å². The van der Waals surface area contributed by atoms with E-state index in [-0.39, 0.29) is 0 Å². The molecule has 0 saturated heterocycles. The monoisotopic (exact) mass is 703 g/mol. The molecular formula is C50H29N3S. The summed E-state index contributed by atoms with van der Waals surface area (Å²) in [6.45, 7) is 0. The molecule has 12 aromatic rings. The minimum Gasteiger partial charge on any atom is -0.277 e. The molecule has 4 heteroatoms. The number of hydrogen-bond acceptors (Lipinski definition) is 3. The molecule has 250 valence electrons. The van der Waals surface area contributed by atoms with Gasteiger partial charge < -0.3 is 0 Å². The van der Waals surface area contributed by atoms with Gasteiger partial charge in [-0.25, -0.2) is 9.97 Å². The lowest BCUT2D eigenvalue weighted by atomic mass is 9.95. The van der Waals surface area contributed by atoms with Crippen LogP contribution in [0.5, 0.6) is 0 Å². The highest BCUT2D eigenvalue weighted by Gasteiger charge is 2.24. The molecule has 0 aliphatic carbocycles. The quantitative estimate of drug-likeness (QED) is 0.172. The van der Waals surface area contributed by atoms with Crippen LogP contribution in [0.2, 0.25) is 0 Å². The zero-order valence-corrected chi connectivity index (χ0v) is 29.8. The second-order valence-corrected chi connectivity index (χ2v) is 15.2. The topological polar surface area (TPSA) is 30.7 Å². The van der Waals surface area contributed by atoms with Crippen molar-refractivity contribution in [2.24, 2.45) is 0 Å². The summed E-state index contributed by atoms with van der Waals surface area (Å²) in [5.41, 5.74) is 7.47. The highest BCUT2D eigenvalue weighted by Crippen LogP contribution is 2.46. The summed E-state index contributed by atoms with van der Waals surface area (Å²) in [4.78, 5) is 11.2. The lowest BCUT2D eigenvalue weighted by molar-refractivity contribution is 1.02. The molecule has 0 aliphatic heterocycles. The molecule has 3 heterocycles. The van der Waals surface area contributed by atoms with Crippen LogP contribution in [0.15, 0.2) is 176 Å². The zero-order chi connectivity index (χ0) is 35.3. The highest BCUT2D eigenvalue weighted by atomic mass is 32.1. The van der Waals surface area contributed by atoms with Gasteiger partial charge in [0.1, 0.15) is 0 Å². The molecule has 9 aromatic carbocycles. The van der Waals surface area contributed by atoms with Gasteiger partial charge in [-0.1, -0.05) is 152 Å². The second kappa shape index (κ2) is 11.3. The van der Waals surface area contributed by atoms with Crippen molar-refractivity contribution in [1.82, 2.24) is 14.5 Å². The van der Waals surface area contributed by atoms with E-state index < -0.39 is 0 Å². The fraction of sp³-hybridized carbons (Fsp3) is 0. The number of thiophene rings is 1. The highest BCUT2D eigenvalue weighted by molar-refractivity contribution is 7.25. The fourth-order valence-electron chi connectivity index (χ4n) is 8.82. The minimum absolute atomic E-state index is 0.660. The van der Waals surface area contributed by atoms with E-state index in [1.165, 1.54) is 58.1 Å². The molecule has 0 saturated carbocycles. The number of benzene rings is 9. The van der Waals surface area contributed by atoms with Crippen molar-refractivity contribution in [2.45, 2.75) is 0 Å². The Morgan fingerprint density at radius 2 is 1.06 bits per heavy atom. The Morgan fingerprint density at radius 3 is 1.91 bits per heavy atom. The molecule has 3 aromatic heterocycles. The molecule has 0 spiro atoms. The van der Waals surface area contributed by atoms with Crippen LogP contribution >= 0.6 is 11.3 Å². The summed E-state index contributed by atoms with van der Waals surface area (Å²) in [6.07, 6.45) is 0. The first kappa shape index (κ1) is 29.7. The zero-order valence-electron chi connectivity index (χ0n) is 29.0. The third-order valence-electron chi connectivity index (χ3n) is 11.2. The van der Waals surface area contributed by atoms with Gasteiger partial charge in [0, 0.05) is 58.2 Å². The van der Waals surface area contributed by atoms with Gasteiger partial charge in [0.15, 0.2) is 0 Å². The maximum absolute atomic E-state index is 5.59. The molecular weight excluding hydrogens is 675 g/mol. The molecule has 54 heavy (non-hydrogen) atoms. The number of rotatable bonds is 3. The Kier molecular flexibility index (Phi) is 6.21. The summed E-state index contributed by atoms with van der Waals surface area (Å²) in [5.74, 6) is 0.660.